The predicted molar refractivity (Wildman–Crippen MR) is 108 cm³/mol. The zero-order valence-electron chi connectivity index (χ0n) is 15.1. The number of aryl methyl sites for hydroxylation is 1. The lowest BCUT2D eigenvalue weighted by Crippen LogP contribution is -2.26. The molecule has 134 valence electrons. The Morgan fingerprint density at radius 2 is 1.31 bits per heavy atom. The van der Waals surface area contributed by atoms with Crippen LogP contribution < -0.4 is 9.21 Å². The van der Waals surface area contributed by atoms with E-state index >= 15 is 0 Å². The van der Waals surface area contributed by atoms with Gasteiger partial charge >= 0.3 is 0 Å². The molecule has 0 saturated carbocycles. The Balaban J connectivity index is 2.19. The highest BCUT2D eigenvalue weighted by atomic mass is 32.2. The van der Waals surface area contributed by atoms with Gasteiger partial charge in [-0.2, -0.15) is 0 Å². The Labute approximate surface area is 155 Å². The van der Waals surface area contributed by atoms with Gasteiger partial charge in [0.05, 0.1) is 16.3 Å². The Bertz CT molecular complexity index is 985. The standard InChI is InChI=1S/C21H22N2O2S/c1-17-16-19(14-15-21(17)22(2)3)23(18-10-6-4-7-11-18)26(24,25)20-12-8-5-9-13-20/h4-16H,1-3H3. The molecule has 3 rings (SSSR count). The minimum absolute atomic E-state index is 0.262. The van der Waals surface area contributed by atoms with Crippen LogP contribution in [0.2, 0.25) is 0 Å². The predicted octanol–water partition coefficient (Wildman–Crippen LogP) is 4.59. The van der Waals surface area contributed by atoms with Gasteiger partial charge in [-0.1, -0.05) is 36.4 Å². The third-order valence-electron chi connectivity index (χ3n) is 4.17. The van der Waals surface area contributed by atoms with Gasteiger partial charge in [0.25, 0.3) is 10.0 Å². The summed E-state index contributed by atoms with van der Waals surface area (Å²) in [5.74, 6) is 0. The highest BCUT2D eigenvalue weighted by Gasteiger charge is 2.26. The number of hydrogen-bond acceptors (Lipinski definition) is 3. The lowest BCUT2D eigenvalue weighted by Gasteiger charge is -2.26. The summed E-state index contributed by atoms with van der Waals surface area (Å²) in [6.07, 6.45) is 0. The fourth-order valence-corrected chi connectivity index (χ4v) is 4.46. The van der Waals surface area contributed by atoms with Crippen molar-refractivity contribution in [1.29, 1.82) is 0 Å². The lowest BCUT2D eigenvalue weighted by molar-refractivity contribution is 0.596. The molecular weight excluding hydrogens is 344 g/mol. The van der Waals surface area contributed by atoms with Crippen LogP contribution in [0.1, 0.15) is 5.56 Å². The van der Waals surface area contributed by atoms with E-state index in [1.807, 2.05) is 68.4 Å². The molecule has 0 unspecified atom stereocenters. The molecule has 0 amide bonds. The second-order valence-corrected chi connectivity index (χ2v) is 8.07. The van der Waals surface area contributed by atoms with Crippen LogP contribution in [-0.2, 0) is 10.0 Å². The molecule has 3 aromatic rings. The monoisotopic (exact) mass is 366 g/mol. The van der Waals surface area contributed by atoms with Crippen LogP contribution in [0.25, 0.3) is 0 Å². The van der Waals surface area contributed by atoms with E-state index in [1.165, 1.54) is 4.31 Å². The van der Waals surface area contributed by atoms with E-state index in [0.717, 1.165) is 11.3 Å². The lowest BCUT2D eigenvalue weighted by atomic mass is 10.1. The summed E-state index contributed by atoms with van der Waals surface area (Å²) in [7, 11) is 0.203. The summed E-state index contributed by atoms with van der Waals surface area (Å²) in [6.45, 7) is 1.98. The van der Waals surface area contributed by atoms with Crippen LogP contribution >= 0.6 is 0 Å². The van der Waals surface area contributed by atoms with Gasteiger partial charge < -0.3 is 4.90 Å². The summed E-state index contributed by atoms with van der Waals surface area (Å²) in [6, 6.07) is 23.4. The number of anilines is 3. The molecule has 0 fully saturated rings. The van der Waals surface area contributed by atoms with Crippen molar-refractivity contribution in [2.75, 3.05) is 23.3 Å². The van der Waals surface area contributed by atoms with Crippen LogP contribution in [-0.4, -0.2) is 22.5 Å². The normalized spacial score (nSPS) is 11.2. The van der Waals surface area contributed by atoms with Gasteiger partial charge in [-0.05, 0) is 55.0 Å². The highest BCUT2D eigenvalue weighted by molar-refractivity contribution is 7.93. The average molecular weight is 366 g/mol. The molecule has 0 heterocycles. The number of nitrogens with zero attached hydrogens (tertiary/aromatic N) is 2. The molecule has 0 atom stereocenters. The van der Waals surface area contributed by atoms with Crippen molar-refractivity contribution in [3.63, 3.8) is 0 Å². The second-order valence-electron chi connectivity index (χ2n) is 6.28. The number of sulfonamides is 1. The fraction of sp³-hybridized carbons (Fsp3) is 0.143. The number of rotatable bonds is 5. The zero-order chi connectivity index (χ0) is 18.7. The number of benzene rings is 3. The first-order valence-electron chi connectivity index (χ1n) is 8.34. The van der Waals surface area contributed by atoms with Crippen LogP contribution in [0.4, 0.5) is 17.1 Å². The molecule has 0 spiro atoms. The van der Waals surface area contributed by atoms with E-state index < -0.39 is 10.0 Å². The van der Waals surface area contributed by atoms with Crippen molar-refractivity contribution in [1.82, 2.24) is 0 Å². The first-order chi connectivity index (χ1) is 12.4. The third kappa shape index (κ3) is 3.44. The molecule has 0 N–H and O–H groups in total. The molecule has 4 nitrogen and oxygen atoms in total. The maximum absolute atomic E-state index is 13.4. The van der Waals surface area contributed by atoms with Crippen molar-refractivity contribution in [3.05, 3.63) is 84.4 Å². The van der Waals surface area contributed by atoms with Gasteiger partial charge in [-0.15, -0.1) is 0 Å². The van der Waals surface area contributed by atoms with Crippen molar-refractivity contribution in [2.45, 2.75) is 11.8 Å². The second kappa shape index (κ2) is 7.22. The van der Waals surface area contributed by atoms with E-state index in [1.54, 1.807) is 36.4 Å². The highest BCUT2D eigenvalue weighted by Crippen LogP contribution is 2.34. The molecule has 0 aliphatic carbocycles. The van der Waals surface area contributed by atoms with Crippen molar-refractivity contribution >= 4 is 27.1 Å². The van der Waals surface area contributed by atoms with Crippen molar-refractivity contribution in [2.24, 2.45) is 0 Å². The molecule has 0 aliphatic rings. The van der Waals surface area contributed by atoms with Crippen molar-refractivity contribution in [3.8, 4) is 0 Å². The van der Waals surface area contributed by atoms with Gasteiger partial charge in [0, 0.05) is 19.8 Å². The third-order valence-corrected chi connectivity index (χ3v) is 5.94. The van der Waals surface area contributed by atoms with E-state index in [9.17, 15) is 8.42 Å². The Kier molecular flexibility index (Phi) is 5.00. The zero-order valence-corrected chi connectivity index (χ0v) is 15.9. The quantitative estimate of drug-likeness (QED) is 0.663. The van der Waals surface area contributed by atoms with Crippen LogP contribution in [0.3, 0.4) is 0 Å². The first kappa shape index (κ1) is 18.0. The summed E-state index contributed by atoms with van der Waals surface area (Å²) in [4.78, 5) is 2.27. The molecule has 0 saturated heterocycles. The molecule has 26 heavy (non-hydrogen) atoms. The number of para-hydroxylation sites is 1. The molecule has 0 aromatic heterocycles. The van der Waals surface area contributed by atoms with Gasteiger partial charge in [0.1, 0.15) is 0 Å². The molecule has 5 heteroatoms. The Morgan fingerprint density at radius 1 is 0.731 bits per heavy atom. The van der Waals surface area contributed by atoms with Crippen molar-refractivity contribution < 1.29 is 8.42 Å². The molecule has 0 bridgehead atoms. The Morgan fingerprint density at radius 3 is 1.85 bits per heavy atom. The first-order valence-corrected chi connectivity index (χ1v) is 9.78. The van der Waals surface area contributed by atoms with Crippen LogP contribution in [0.15, 0.2) is 83.8 Å². The van der Waals surface area contributed by atoms with Crippen LogP contribution in [0, 0.1) is 6.92 Å². The van der Waals surface area contributed by atoms with E-state index in [2.05, 4.69) is 0 Å². The minimum atomic E-state index is -3.74. The van der Waals surface area contributed by atoms with Gasteiger partial charge in [-0.3, -0.25) is 0 Å². The molecular formula is C21H22N2O2S. The summed E-state index contributed by atoms with van der Waals surface area (Å²) < 4.78 is 28.2. The maximum atomic E-state index is 13.4. The molecule has 0 radical (unpaired) electrons. The number of hydrogen-bond donors (Lipinski definition) is 0. The summed E-state index contributed by atoms with van der Waals surface area (Å²) in [5.41, 5.74) is 3.28. The van der Waals surface area contributed by atoms with E-state index in [4.69, 9.17) is 0 Å². The van der Waals surface area contributed by atoms with Gasteiger partial charge in [0.15, 0.2) is 0 Å². The van der Waals surface area contributed by atoms with Crippen LogP contribution in [0.5, 0.6) is 0 Å². The molecule has 3 aromatic carbocycles. The van der Waals surface area contributed by atoms with E-state index in [0.29, 0.717) is 11.4 Å². The average Bonchev–Trinajstić information content (AvgIpc) is 2.63. The van der Waals surface area contributed by atoms with Gasteiger partial charge in [-0.25, -0.2) is 12.7 Å². The Hall–Kier alpha value is -2.79. The topological polar surface area (TPSA) is 40.6 Å². The smallest absolute Gasteiger partial charge is 0.268 e. The van der Waals surface area contributed by atoms with E-state index in [-0.39, 0.29) is 4.90 Å². The fourth-order valence-electron chi connectivity index (χ4n) is 2.96. The SMILES string of the molecule is Cc1cc(N(c2ccccc2)S(=O)(=O)c2ccccc2)ccc1N(C)C. The maximum Gasteiger partial charge on any atom is 0.268 e. The minimum Gasteiger partial charge on any atom is -0.377 e. The molecule has 0 aliphatic heterocycles. The summed E-state index contributed by atoms with van der Waals surface area (Å²) in [5, 5.41) is 0. The van der Waals surface area contributed by atoms with Gasteiger partial charge in [0.2, 0.25) is 0 Å². The summed E-state index contributed by atoms with van der Waals surface area (Å²) >= 11 is 0. The largest absolute Gasteiger partial charge is 0.377 e.